The lowest BCUT2D eigenvalue weighted by Gasteiger charge is -2.39. The standard InChI is InChI=1S/C23H26N6O4S3/c24-22(25)16-5-3-15(4-6-16)14-35-21-10-19(26-29(21)23(31)20-2-1-9-34-20)17-11-28(12-17)36(32,33)27-8-7-18(30)13-27/h1-6,9-10,17-18,30H,7-8,11-14H2,(H3,24,25). The number of thioether (sulfide) groups is 1. The Morgan fingerprint density at radius 3 is 2.56 bits per heavy atom. The number of hydrogen-bond acceptors (Lipinski definition) is 8. The van der Waals surface area contributed by atoms with Crippen molar-refractivity contribution in [3.05, 3.63) is 69.5 Å². The number of thiophene rings is 1. The van der Waals surface area contributed by atoms with E-state index < -0.39 is 16.3 Å². The van der Waals surface area contributed by atoms with Gasteiger partial charge in [0.2, 0.25) is 0 Å². The van der Waals surface area contributed by atoms with Crippen molar-refractivity contribution in [3.8, 4) is 0 Å². The normalized spacial score (nSPS) is 19.4. The van der Waals surface area contributed by atoms with Crippen LogP contribution in [0.15, 0.2) is 52.9 Å². The van der Waals surface area contributed by atoms with Crippen LogP contribution < -0.4 is 5.73 Å². The van der Waals surface area contributed by atoms with E-state index in [0.717, 1.165) is 5.56 Å². The van der Waals surface area contributed by atoms with Gasteiger partial charge < -0.3 is 10.8 Å². The number of carbonyl (C=O) groups excluding carboxylic acids is 1. The molecule has 0 saturated carbocycles. The molecule has 3 aromatic rings. The van der Waals surface area contributed by atoms with Gasteiger partial charge in [-0.3, -0.25) is 10.2 Å². The van der Waals surface area contributed by atoms with Crippen molar-refractivity contribution >= 4 is 45.1 Å². The lowest BCUT2D eigenvalue weighted by molar-refractivity contribution is 0.0937. The van der Waals surface area contributed by atoms with E-state index in [4.69, 9.17) is 11.1 Å². The first-order valence-electron chi connectivity index (χ1n) is 11.4. The topological polar surface area (TPSA) is 146 Å². The van der Waals surface area contributed by atoms with E-state index >= 15 is 0 Å². The fourth-order valence-electron chi connectivity index (χ4n) is 4.17. The van der Waals surface area contributed by atoms with Crippen LogP contribution in [0.3, 0.4) is 0 Å². The van der Waals surface area contributed by atoms with Crippen molar-refractivity contribution in [3.63, 3.8) is 0 Å². The largest absolute Gasteiger partial charge is 0.392 e. The van der Waals surface area contributed by atoms with Crippen molar-refractivity contribution < 1.29 is 18.3 Å². The molecule has 1 atom stereocenters. The summed E-state index contributed by atoms with van der Waals surface area (Å²) < 4.78 is 29.8. The second-order valence-corrected chi connectivity index (χ2v) is 12.7. The summed E-state index contributed by atoms with van der Waals surface area (Å²) in [4.78, 5) is 13.7. The van der Waals surface area contributed by atoms with Crippen LogP contribution >= 0.6 is 23.1 Å². The number of carbonyl (C=O) groups is 1. The molecule has 0 bridgehead atoms. The number of aliphatic hydroxyl groups excluding tert-OH is 1. The summed E-state index contributed by atoms with van der Waals surface area (Å²) in [6.07, 6.45) is -0.168. The molecule has 2 aromatic heterocycles. The number of benzene rings is 1. The molecule has 2 aliphatic heterocycles. The number of rotatable bonds is 8. The molecule has 0 aliphatic carbocycles. The molecule has 0 radical (unpaired) electrons. The van der Waals surface area contributed by atoms with Crippen LogP contribution in [0.1, 0.15) is 38.8 Å². The molecule has 5 rings (SSSR count). The van der Waals surface area contributed by atoms with Crippen molar-refractivity contribution in [2.75, 3.05) is 26.2 Å². The van der Waals surface area contributed by atoms with Crippen LogP contribution in [0.5, 0.6) is 0 Å². The first-order chi connectivity index (χ1) is 17.2. The van der Waals surface area contributed by atoms with E-state index in [-0.39, 0.29) is 37.3 Å². The fourth-order valence-corrected chi connectivity index (χ4v) is 7.53. The monoisotopic (exact) mass is 546 g/mol. The Morgan fingerprint density at radius 1 is 1.19 bits per heavy atom. The van der Waals surface area contributed by atoms with Crippen molar-refractivity contribution in [1.29, 1.82) is 5.41 Å². The highest BCUT2D eigenvalue weighted by atomic mass is 32.2. The van der Waals surface area contributed by atoms with Gasteiger partial charge in [0.15, 0.2) is 0 Å². The molecule has 1 aromatic carbocycles. The average Bonchev–Trinajstić information content (AvgIpc) is 3.58. The maximum Gasteiger partial charge on any atom is 0.289 e. The van der Waals surface area contributed by atoms with Crippen LogP contribution in [0.25, 0.3) is 0 Å². The molecule has 36 heavy (non-hydrogen) atoms. The first-order valence-corrected chi connectivity index (χ1v) is 14.7. The van der Waals surface area contributed by atoms with Crippen LogP contribution in [-0.2, 0) is 16.0 Å². The number of β-amino-alcohol motifs (C(OH)–C–C–N with tert-alkyl or cyclic N) is 1. The van der Waals surface area contributed by atoms with E-state index in [2.05, 4.69) is 5.10 Å². The molecular formula is C23H26N6O4S3. The van der Waals surface area contributed by atoms with Crippen LogP contribution in [0.4, 0.5) is 0 Å². The maximum atomic E-state index is 13.2. The van der Waals surface area contributed by atoms with Gasteiger partial charge in [-0.25, -0.2) is 0 Å². The van der Waals surface area contributed by atoms with Gasteiger partial charge in [-0.2, -0.15) is 26.8 Å². The summed E-state index contributed by atoms with van der Waals surface area (Å²) in [5, 5.41) is 24.4. The fraction of sp³-hybridized carbons (Fsp3) is 0.348. The minimum atomic E-state index is -3.61. The van der Waals surface area contributed by atoms with E-state index in [1.54, 1.807) is 18.2 Å². The Bertz CT molecular complexity index is 1370. The second kappa shape index (κ2) is 10.1. The van der Waals surface area contributed by atoms with Gasteiger partial charge in [0, 0.05) is 43.4 Å². The Kier molecular flexibility index (Phi) is 7.03. The predicted octanol–water partition coefficient (Wildman–Crippen LogP) is 1.92. The molecule has 2 fully saturated rings. The molecule has 10 nitrogen and oxygen atoms in total. The molecule has 4 heterocycles. The Balaban J connectivity index is 1.32. The summed E-state index contributed by atoms with van der Waals surface area (Å²) in [6, 6.07) is 12.8. The van der Waals surface area contributed by atoms with Crippen LogP contribution in [-0.4, -0.2) is 75.9 Å². The number of nitrogens with one attached hydrogen (secondary N) is 1. The lowest BCUT2D eigenvalue weighted by Crippen LogP contribution is -2.53. The summed E-state index contributed by atoms with van der Waals surface area (Å²) in [5.74, 6) is 0.263. The lowest BCUT2D eigenvalue weighted by atomic mass is 10.00. The minimum absolute atomic E-state index is 0.0101. The predicted molar refractivity (Wildman–Crippen MR) is 139 cm³/mol. The summed E-state index contributed by atoms with van der Waals surface area (Å²) >= 11 is 2.81. The summed E-state index contributed by atoms with van der Waals surface area (Å²) in [7, 11) is -3.61. The third kappa shape index (κ3) is 4.99. The zero-order chi connectivity index (χ0) is 25.4. The molecule has 2 saturated heterocycles. The quantitative estimate of drug-likeness (QED) is 0.222. The highest BCUT2D eigenvalue weighted by molar-refractivity contribution is 7.98. The highest BCUT2D eigenvalue weighted by Crippen LogP contribution is 2.34. The molecule has 13 heteroatoms. The van der Waals surface area contributed by atoms with Gasteiger partial charge in [0.25, 0.3) is 16.1 Å². The van der Waals surface area contributed by atoms with E-state index in [1.807, 2.05) is 29.6 Å². The van der Waals surface area contributed by atoms with Gasteiger partial charge in [0.05, 0.1) is 16.7 Å². The van der Waals surface area contributed by atoms with Gasteiger partial charge in [0.1, 0.15) is 10.9 Å². The van der Waals surface area contributed by atoms with Crippen LogP contribution in [0.2, 0.25) is 0 Å². The van der Waals surface area contributed by atoms with Crippen molar-refractivity contribution in [1.82, 2.24) is 18.4 Å². The van der Waals surface area contributed by atoms with Crippen LogP contribution in [0, 0.1) is 5.41 Å². The molecule has 4 N–H and O–H groups in total. The number of aromatic nitrogens is 2. The molecular weight excluding hydrogens is 520 g/mol. The SMILES string of the molecule is N=C(N)c1ccc(CSc2cc(C3CN(S(=O)(=O)N4CCC(O)C4)C3)nn2C(=O)c2cccs2)cc1. The molecule has 0 spiro atoms. The smallest absolute Gasteiger partial charge is 0.289 e. The Hall–Kier alpha value is -2.55. The zero-order valence-corrected chi connectivity index (χ0v) is 21.7. The van der Waals surface area contributed by atoms with Gasteiger partial charge >= 0.3 is 0 Å². The highest BCUT2D eigenvalue weighted by Gasteiger charge is 2.43. The van der Waals surface area contributed by atoms with Crippen molar-refractivity contribution in [2.45, 2.75) is 29.2 Å². The average molecular weight is 547 g/mol. The van der Waals surface area contributed by atoms with Gasteiger partial charge in [-0.1, -0.05) is 30.3 Å². The van der Waals surface area contributed by atoms with Gasteiger partial charge in [-0.15, -0.1) is 23.1 Å². The van der Waals surface area contributed by atoms with E-state index in [1.165, 1.54) is 36.4 Å². The number of aliphatic hydroxyl groups is 1. The number of nitrogens with two attached hydrogens (primary N) is 1. The summed E-state index contributed by atoms with van der Waals surface area (Å²) in [6.45, 7) is 1.02. The second-order valence-electron chi connectivity index (χ2n) is 8.82. The molecule has 1 unspecified atom stereocenters. The molecule has 2 aliphatic rings. The zero-order valence-electron chi connectivity index (χ0n) is 19.3. The summed E-state index contributed by atoms with van der Waals surface area (Å²) in [5.41, 5.74) is 7.87. The number of hydrogen-bond donors (Lipinski definition) is 3. The molecule has 0 amide bonds. The first kappa shape index (κ1) is 25.1. The van der Waals surface area contributed by atoms with E-state index in [9.17, 15) is 18.3 Å². The number of nitrogen functional groups attached to an aromatic ring is 1. The number of nitrogens with zero attached hydrogens (tertiary/aromatic N) is 4. The van der Waals surface area contributed by atoms with Crippen molar-refractivity contribution in [2.24, 2.45) is 5.73 Å². The van der Waals surface area contributed by atoms with E-state index in [0.29, 0.717) is 39.9 Å². The van der Waals surface area contributed by atoms with Gasteiger partial charge in [-0.05, 0) is 29.5 Å². The maximum absolute atomic E-state index is 13.2. The Labute approximate surface area is 217 Å². The minimum Gasteiger partial charge on any atom is -0.392 e. The Morgan fingerprint density at radius 2 is 1.94 bits per heavy atom. The third-order valence-corrected chi connectivity index (χ3v) is 10.2. The number of amidine groups is 1. The molecule has 190 valence electrons. The third-order valence-electron chi connectivity index (χ3n) is 6.32.